The molecule has 1 N–H and O–H groups in total. The van der Waals surface area contributed by atoms with Gasteiger partial charge in [0.2, 0.25) is 0 Å². The zero-order chi connectivity index (χ0) is 12.3. The van der Waals surface area contributed by atoms with Crippen LogP contribution in [0.4, 0.5) is 8.78 Å². The van der Waals surface area contributed by atoms with Gasteiger partial charge in [-0.05, 0) is 29.5 Å². The molecular weight excluding hydrogens is 335 g/mol. The standard InChI is InChI=1S/C9H8F2INO3/c1-2-16-9(15)5-4(7(10)11)3-13-8(12)6(5)14/h3,7,14H,2H2,1H3. The molecule has 1 aromatic heterocycles. The van der Waals surface area contributed by atoms with E-state index in [4.69, 9.17) is 0 Å². The SMILES string of the molecule is CCOC(=O)c1c(C(F)F)cnc(I)c1O. The van der Waals surface area contributed by atoms with Gasteiger partial charge in [0.15, 0.2) is 5.75 Å². The summed E-state index contributed by atoms with van der Waals surface area (Å²) in [6.45, 7) is 1.59. The van der Waals surface area contributed by atoms with Crippen LogP contribution in [0.25, 0.3) is 0 Å². The van der Waals surface area contributed by atoms with Crippen LogP contribution in [0.3, 0.4) is 0 Å². The Morgan fingerprint density at radius 1 is 1.69 bits per heavy atom. The third kappa shape index (κ3) is 2.57. The number of ether oxygens (including phenoxy) is 1. The van der Waals surface area contributed by atoms with E-state index in [1.165, 1.54) is 0 Å². The highest BCUT2D eigenvalue weighted by Gasteiger charge is 2.25. The highest BCUT2D eigenvalue weighted by Crippen LogP contribution is 2.31. The summed E-state index contributed by atoms with van der Waals surface area (Å²) < 4.78 is 29.8. The van der Waals surface area contributed by atoms with Gasteiger partial charge in [0.1, 0.15) is 9.26 Å². The fourth-order valence-electron chi connectivity index (χ4n) is 1.08. The van der Waals surface area contributed by atoms with E-state index in [0.29, 0.717) is 0 Å². The predicted molar refractivity (Wildman–Crippen MR) is 59.5 cm³/mol. The van der Waals surface area contributed by atoms with Crippen molar-refractivity contribution in [2.75, 3.05) is 6.61 Å². The van der Waals surface area contributed by atoms with Crippen LogP contribution in [-0.2, 0) is 4.74 Å². The van der Waals surface area contributed by atoms with E-state index >= 15 is 0 Å². The first-order chi connectivity index (χ1) is 7.49. The Bertz CT molecular complexity index is 412. The Hall–Kier alpha value is -0.990. The molecule has 0 aliphatic carbocycles. The number of hydrogen-bond donors (Lipinski definition) is 1. The van der Waals surface area contributed by atoms with Crippen LogP contribution in [0.5, 0.6) is 5.75 Å². The van der Waals surface area contributed by atoms with Crippen molar-refractivity contribution in [3.05, 3.63) is 21.0 Å². The van der Waals surface area contributed by atoms with Crippen molar-refractivity contribution in [1.29, 1.82) is 0 Å². The van der Waals surface area contributed by atoms with Gasteiger partial charge in [-0.25, -0.2) is 18.6 Å². The minimum absolute atomic E-state index is 0.0415. The summed E-state index contributed by atoms with van der Waals surface area (Å²) in [5.74, 6) is -1.55. The molecule has 1 rings (SSSR count). The molecule has 0 amide bonds. The molecular formula is C9H8F2INO3. The van der Waals surface area contributed by atoms with Crippen molar-refractivity contribution >= 4 is 28.6 Å². The quantitative estimate of drug-likeness (QED) is 0.521. The summed E-state index contributed by atoms with van der Waals surface area (Å²) in [7, 11) is 0. The van der Waals surface area contributed by atoms with E-state index in [9.17, 15) is 18.7 Å². The van der Waals surface area contributed by atoms with Gasteiger partial charge >= 0.3 is 5.97 Å². The number of alkyl halides is 2. The molecule has 7 heteroatoms. The number of carbonyl (C=O) groups is 1. The zero-order valence-electron chi connectivity index (χ0n) is 8.21. The monoisotopic (exact) mass is 343 g/mol. The van der Waals surface area contributed by atoms with Crippen LogP contribution in [0.15, 0.2) is 6.20 Å². The van der Waals surface area contributed by atoms with Crippen molar-refractivity contribution in [1.82, 2.24) is 4.98 Å². The van der Waals surface area contributed by atoms with Gasteiger partial charge < -0.3 is 9.84 Å². The first-order valence-corrected chi connectivity index (χ1v) is 5.39. The molecule has 88 valence electrons. The Morgan fingerprint density at radius 3 is 2.81 bits per heavy atom. The fraction of sp³-hybridized carbons (Fsp3) is 0.333. The molecule has 4 nitrogen and oxygen atoms in total. The molecule has 0 aliphatic rings. The number of rotatable bonds is 3. The first kappa shape index (κ1) is 13.1. The lowest BCUT2D eigenvalue weighted by molar-refractivity contribution is 0.0511. The Kier molecular flexibility index (Phi) is 4.39. The summed E-state index contributed by atoms with van der Waals surface area (Å²) >= 11 is 1.64. The molecule has 0 aliphatic heterocycles. The van der Waals surface area contributed by atoms with Gasteiger partial charge in [-0.15, -0.1) is 0 Å². The van der Waals surface area contributed by atoms with Crippen molar-refractivity contribution in [2.45, 2.75) is 13.3 Å². The molecule has 0 spiro atoms. The highest BCUT2D eigenvalue weighted by atomic mass is 127. The summed E-state index contributed by atoms with van der Waals surface area (Å²) in [5.41, 5.74) is -1.15. The van der Waals surface area contributed by atoms with E-state index in [0.717, 1.165) is 6.20 Å². The number of aromatic hydroxyl groups is 1. The van der Waals surface area contributed by atoms with Gasteiger partial charge in [-0.3, -0.25) is 0 Å². The van der Waals surface area contributed by atoms with Crippen LogP contribution in [-0.4, -0.2) is 22.7 Å². The van der Waals surface area contributed by atoms with Gasteiger partial charge in [0.05, 0.1) is 12.2 Å². The van der Waals surface area contributed by atoms with Crippen LogP contribution in [0.2, 0.25) is 0 Å². The lowest BCUT2D eigenvalue weighted by Crippen LogP contribution is -2.10. The summed E-state index contributed by atoms with van der Waals surface area (Å²) in [6, 6.07) is 0. The summed E-state index contributed by atoms with van der Waals surface area (Å²) in [4.78, 5) is 14.9. The normalized spacial score (nSPS) is 10.6. The third-order valence-electron chi connectivity index (χ3n) is 1.75. The molecule has 0 radical (unpaired) electrons. The average molecular weight is 343 g/mol. The number of pyridine rings is 1. The number of carbonyl (C=O) groups excluding carboxylic acids is 1. The van der Waals surface area contributed by atoms with Crippen molar-refractivity contribution in [3.63, 3.8) is 0 Å². The van der Waals surface area contributed by atoms with Gasteiger partial charge in [-0.1, -0.05) is 0 Å². The number of esters is 1. The second kappa shape index (κ2) is 5.37. The molecule has 0 atom stereocenters. The van der Waals surface area contributed by atoms with E-state index < -0.39 is 29.3 Å². The second-order valence-corrected chi connectivity index (χ2v) is 3.77. The van der Waals surface area contributed by atoms with Crippen LogP contribution < -0.4 is 0 Å². The first-order valence-electron chi connectivity index (χ1n) is 4.31. The van der Waals surface area contributed by atoms with Crippen molar-refractivity contribution < 1.29 is 23.4 Å². The smallest absolute Gasteiger partial charge is 0.342 e. The van der Waals surface area contributed by atoms with Gasteiger partial charge in [-0.2, -0.15) is 0 Å². The number of nitrogens with zero attached hydrogens (tertiary/aromatic N) is 1. The maximum absolute atomic E-state index is 12.6. The Morgan fingerprint density at radius 2 is 2.31 bits per heavy atom. The molecule has 0 aromatic carbocycles. The molecule has 0 unspecified atom stereocenters. The lowest BCUT2D eigenvalue weighted by Gasteiger charge is -2.10. The third-order valence-corrected chi connectivity index (χ3v) is 2.54. The molecule has 0 fully saturated rings. The van der Waals surface area contributed by atoms with Gasteiger partial charge in [0.25, 0.3) is 6.43 Å². The maximum atomic E-state index is 12.6. The maximum Gasteiger partial charge on any atom is 0.342 e. The largest absolute Gasteiger partial charge is 0.504 e. The van der Waals surface area contributed by atoms with Crippen LogP contribution >= 0.6 is 22.6 Å². The molecule has 1 aromatic rings. The Balaban J connectivity index is 3.31. The number of aromatic nitrogens is 1. The number of halogens is 3. The fourth-order valence-corrected chi connectivity index (χ4v) is 1.48. The summed E-state index contributed by atoms with van der Waals surface area (Å²) in [5, 5.41) is 9.52. The second-order valence-electron chi connectivity index (χ2n) is 2.75. The van der Waals surface area contributed by atoms with E-state index in [1.807, 2.05) is 0 Å². The minimum Gasteiger partial charge on any atom is -0.504 e. The molecule has 0 saturated carbocycles. The van der Waals surface area contributed by atoms with E-state index in [-0.39, 0.29) is 10.3 Å². The lowest BCUT2D eigenvalue weighted by atomic mass is 10.1. The van der Waals surface area contributed by atoms with E-state index in [2.05, 4.69) is 9.72 Å². The van der Waals surface area contributed by atoms with E-state index in [1.54, 1.807) is 29.5 Å². The van der Waals surface area contributed by atoms with Crippen LogP contribution in [0, 0.1) is 3.70 Å². The Labute approximate surface area is 104 Å². The van der Waals surface area contributed by atoms with Gasteiger partial charge in [0, 0.05) is 6.20 Å². The highest BCUT2D eigenvalue weighted by molar-refractivity contribution is 14.1. The molecule has 1 heterocycles. The van der Waals surface area contributed by atoms with Crippen molar-refractivity contribution in [3.8, 4) is 5.75 Å². The average Bonchev–Trinajstić information content (AvgIpc) is 2.21. The predicted octanol–water partition coefficient (Wildman–Crippen LogP) is 2.51. The zero-order valence-corrected chi connectivity index (χ0v) is 10.4. The molecule has 16 heavy (non-hydrogen) atoms. The molecule has 0 bridgehead atoms. The number of hydrogen-bond acceptors (Lipinski definition) is 4. The van der Waals surface area contributed by atoms with Crippen LogP contribution in [0.1, 0.15) is 29.3 Å². The summed E-state index contributed by atoms with van der Waals surface area (Å²) in [6.07, 6.45) is -2.03. The minimum atomic E-state index is -2.89. The van der Waals surface area contributed by atoms with Crippen molar-refractivity contribution in [2.24, 2.45) is 0 Å². The molecule has 0 saturated heterocycles. The topological polar surface area (TPSA) is 59.4 Å².